The lowest BCUT2D eigenvalue weighted by atomic mass is 9.88. The smallest absolute Gasteiger partial charge is 0.504 e. The van der Waals surface area contributed by atoms with Gasteiger partial charge in [-0.25, -0.2) is 4.79 Å². The van der Waals surface area contributed by atoms with Gasteiger partial charge in [0.25, 0.3) is 0 Å². The van der Waals surface area contributed by atoms with E-state index in [0.717, 1.165) is 75.3 Å². The molecule has 0 unspecified atom stereocenters. The van der Waals surface area contributed by atoms with Crippen LogP contribution in [0, 0.1) is 0 Å². The molecule has 0 fully saturated rings. The van der Waals surface area contributed by atoms with Crippen molar-refractivity contribution in [3.05, 3.63) is 16.7 Å². The summed E-state index contributed by atoms with van der Waals surface area (Å²) < 4.78 is 11.8. The fourth-order valence-electron chi connectivity index (χ4n) is 6.67. The number of hydrogen-bond donors (Lipinski definition) is 2. The predicted molar refractivity (Wildman–Crippen MR) is 196 cm³/mol. The van der Waals surface area contributed by atoms with Gasteiger partial charge in [-0.2, -0.15) is 0 Å². The molecule has 268 valence electrons. The molecule has 1 rings (SSSR count). The lowest BCUT2D eigenvalue weighted by Gasteiger charge is -2.24. The molecule has 0 radical (unpaired) electrons. The van der Waals surface area contributed by atoms with E-state index in [1.165, 1.54) is 128 Å². The Bertz CT molecular complexity index is 880. The first-order valence-corrected chi connectivity index (χ1v) is 19.9. The maximum Gasteiger partial charge on any atom is 0.511 e. The van der Waals surface area contributed by atoms with E-state index in [-0.39, 0.29) is 11.5 Å². The van der Waals surface area contributed by atoms with Crippen molar-refractivity contribution in [1.82, 2.24) is 0 Å². The molecule has 0 heterocycles. The van der Waals surface area contributed by atoms with Gasteiger partial charge >= 0.3 is 6.16 Å². The first-order chi connectivity index (χ1) is 22.5. The third-order valence-electron chi connectivity index (χ3n) is 9.48. The van der Waals surface area contributed by atoms with E-state index >= 15 is 0 Å². The Hall–Kier alpha value is -1.91. The monoisotopic (exact) mass is 647 g/mol. The standard InChI is InChI=1S/C41H74O5/c1-5-9-13-17-20-23-27-31-35-36(32-28-24-21-18-14-10-6-2)38(42)40(46-41(43)44)39(45-34-30-26-16-12-8-4)37(35)33-29-25-22-19-15-11-7-3/h42H,5-34H2,1-4H3,(H,43,44). The van der Waals surface area contributed by atoms with E-state index in [1.807, 2.05) is 0 Å². The summed E-state index contributed by atoms with van der Waals surface area (Å²) in [5.74, 6) is 0.513. The maximum absolute atomic E-state index is 11.9. The van der Waals surface area contributed by atoms with Crippen LogP contribution in [0.1, 0.15) is 211 Å². The Balaban J connectivity index is 3.34. The number of unbranched alkanes of at least 4 members (excludes halogenated alkanes) is 22. The van der Waals surface area contributed by atoms with Crippen molar-refractivity contribution < 1.29 is 24.5 Å². The van der Waals surface area contributed by atoms with Gasteiger partial charge in [0.1, 0.15) is 0 Å². The van der Waals surface area contributed by atoms with Crippen LogP contribution in [-0.4, -0.2) is 23.0 Å². The van der Waals surface area contributed by atoms with Crippen LogP contribution in [0.4, 0.5) is 4.79 Å². The van der Waals surface area contributed by atoms with Gasteiger partial charge in [0.2, 0.25) is 5.75 Å². The molecule has 0 aliphatic carbocycles. The summed E-state index contributed by atoms with van der Waals surface area (Å²) in [6.07, 6.45) is 32.3. The molecule has 46 heavy (non-hydrogen) atoms. The number of rotatable bonds is 32. The zero-order chi connectivity index (χ0) is 33.7. The first kappa shape index (κ1) is 42.1. The van der Waals surface area contributed by atoms with Gasteiger partial charge < -0.3 is 19.7 Å². The molecule has 0 amide bonds. The molecular weight excluding hydrogens is 572 g/mol. The number of carboxylic acid groups (broad SMARTS) is 1. The van der Waals surface area contributed by atoms with Gasteiger partial charge in [-0.05, 0) is 50.5 Å². The Kier molecular flexibility index (Phi) is 26.8. The van der Waals surface area contributed by atoms with Crippen LogP contribution >= 0.6 is 0 Å². The zero-order valence-electron chi connectivity index (χ0n) is 30.8. The average Bonchev–Trinajstić information content (AvgIpc) is 3.04. The zero-order valence-corrected chi connectivity index (χ0v) is 30.8. The van der Waals surface area contributed by atoms with Crippen LogP contribution < -0.4 is 9.47 Å². The number of aromatic hydroxyl groups is 1. The summed E-state index contributed by atoms with van der Waals surface area (Å²) in [5.41, 5.74) is 3.21. The maximum atomic E-state index is 11.9. The summed E-state index contributed by atoms with van der Waals surface area (Å²) in [7, 11) is 0. The van der Waals surface area contributed by atoms with Crippen LogP contribution in [0.5, 0.6) is 17.2 Å². The molecule has 1 aromatic rings. The van der Waals surface area contributed by atoms with Crippen molar-refractivity contribution in [3.63, 3.8) is 0 Å². The highest BCUT2D eigenvalue weighted by atomic mass is 16.7. The summed E-state index contributed by atoms with van der Waals surface area (Å²) in [4.78, 5) is 11.9. The Morgan fingerprint density at radius 1 is 0.457 bits per heavy atom. The average molecular weight is 647 g/mol. The summed E-state index contributed by atoms with van der Waals surface area (Å²) in [6, 6.07) is 0. The summed E-state index contributed by atoms with van der Waals surface area (Å²) >= 11 is 0. The minimum atomic E-state index is -1.40. The van der Waals surface area contributed by atoms with Crippen LogP contribution in [0.3, 0.4) is 0 Å². The Morgan fingerprint density at radius 2 is 0.804 bits per heavy atom. The third kappa shape index (κ3) is 19.0. The van der Waals surface area contributed by atoms with Crippen LogP contribution in [0.2, 0.25) is 0 Å². The molecular formula is C41H74O5. The number of carbonyl (C=O) groups is 1. The van der Waals surface area contributed by atoms with Crippen molar-refractivity contribution in [2.24, 2.45) is 0 Å². The SMILES string of the molecule is CCCCCCCCCc1c(O)c(OC(=O)O)c(OCCCCCCC)c(CCCCCCCCC)c1CCCCCCCCC. The van der Waals surface area contributed by atoms with E-state index in [2.05, 4.69) is 27.7 Å². The van der Waals surface area contributed by atoms with Crippen molar-refractivity contribution in [2.45, 2.75) is 214 Å². The second-order valence-corrected chi connectivity index (χ2v) is 13.7. The highest BCUT2D eigenvalue weighted by molar-refractivity contribution is 5.70. The highest BCUT2D eigenvalue weighted by Crippen LogP contribution is 2.47. The largest absolute Gasteiger partial charge is 0.511 e. The van der Waals surface area contributed by atoms with Crippen LogP contribution in [0.15, 0.2) is 0 Å². The van der Waals surface area contributed by atoms with Crippen molar-refractivity contribution >= 4 is 6.16 Å². The summed E-state index contributed by atoms with van der Waals surface area (Å²) in [5, 5.41) is 21.4. The fraction of sp³-hybridized carbons (Fsp3) is 0.829. The van der Waals surface area contributed by atoms with Gasteiger partial charge in [0, 0.05) is 11.1 Å². The molecule has 0 saturated carbocycles. The Morgan fingerprint density at radius 3 is 1.22 bits per heavy atom. The summed E-state index contributed by atoms with van der Waals surface area (Å²) in [6.45, 7) is 9.48. The van der Waals surface area contributed by atoms with E-state index in [1.54, 1.807) is 0 Å². The van der Waals surface area contributed by atoms with Crippen molar-refractivity contribution in [2.75, 3.05) is 6.61 Å². The molecule has 0 aliphatic heterocycles. The number of benzene rings is 1. The lowest BCUT2D eigenvalue weighted by Crippen LogP contribution is -2.12. The molecule has 0 atom stereocenters. The second kappa shape index (κ2) is 29.2. The van der Waals surface area contributed by atoms with E-state index in [9.17, 15) is 15.0 Å². The first-order valence-electron chi connectivity index (χ1n) is 19.9. The molecule has 0 saturated heterocycles. The minimum absolute atomic E-state index is 0.00405. The molecule has 1 aromatic carbocycles. The van der Waals surface area contributed by atoms with E-state index in [4.69, 9.17) is 9.47 Å². The van der Waals surface area contributed by atoms with E-state index in [0.29, 0.717) is 12.4 Å². The number of phenolic OH excluding ortho intramolecular Hbond substituents is 1. The lowest BCUT2D eigenvalue weighted by molar-refractivity contribution is 0.140. The van der Waals surface area contributed by atoms with Crippen LogP contribution in [0.25, 0.3) is 0 Å². The van der Waals surface area contributed by atoms with Crippen molar-refractivity contribution in [3.8, 4) is 17.2 Å². The third-order valence-corrected chi connectivity index (χ3v) is 9.48. The predicted octanol–water partition coefficient (Wildman–Crippen LogP) is 13.7. The fourth-order valence-corrected chi connectivity index (χ4v) is 6.67. The molecule has 0 aromatic heterocycles. The van der Waals surface area contributed by atoms with Gasteiger partial charge in [0.15, 0.2) is 11.5 Å². The van der Waals surface area contributed by atoms with Gasteiger partial charge in [0.05, 0.1) is 6.61 Å². The van der Waals surface area contributed by atoms with E-state index < -0.39 is 6.16 Å². The van der Waals surface area contributed by atoms with Gasteiger partial charge in [-0.1, -0.05) is 169 Å². The minimum Gasteiger partial charge on any atom is -0.504 e. The van der Waals surface area contributed by atoms with Crippen molar-refractivity contribution in [1.29, 1.82) is 0 Å². The molecule has 0 aliphatic rings. The van der Waals surface area contributed by atoms with Gasteiger partial charge in [-0.15, -0.1) is 0 Å². The molecule has 0 bridgehead atoms. The topological polar surface area (TPSA) is 76.0 Å². The van der Waals surface area contributed by atoms with Crippen LogP contribution in [-0.2, 0) is 19.3 Å². The molecule has 5 nitrogen and oxygen atoms in total. The molecule has 2 N–H and O–H groups in total. The second-order valence-electron chi connectivity index (χ2n) is 13.7. The quantitative estimate of drug-likeness (QED) is 0.0463. The number of ether oxygens (including phenoxy) is 2. The number of hydrogen-bond acceptors (Lipinski definition) is 4. The Labute approximate surface area is 284 Å². The highest BCUT2D eigenvalue weighted by Gasteiger charge is 2.27. The van der Waals surface area contributed by atoms with Gasteiger partial charge in [-0.3, -0.25) is 0 Å². The number of phenols is 1. The normalized spacial score (nSPS) is 11.3. The molecule has 0 spiro atoms. The molecule has 5 heteroatoms.